The number of halogens is 1. The van der Waals surface area contributed by atoms with Gasteiger partial charge in [0.15, 0.2) is 0 Å². The second-order valence-electron chi connectivity index (χ2n) is 10.8. The smallest absolute Gasteiger partial charge is 0.306 e. The summed E-state index contributed by atoms with van der Waals surface area (Å²) in [6.07, 6.45) is 3.36. The molecule has 0 bridgehead atoms. The monoisotopic (exact) mass is 540 g/mol. The van der Waals surface area contributed by atoms with Crippen molar-refractivity contribution in [2.24, 2.45) is 4.99 Å². The molecule has 2 aliphatic heterocycles. The van der Waals surface area contributed by atoms with E-state index in [2.05, 4.69) is 42.4 Å². The molecule has 1 N–H and O–H groups in total. The van der Waals surface area contributed by atoms with Crippen molar-refractivity contribution < 1.29 is 23.4 Å². The Kier molecular flexibility index (Phi) is 6.82. The normalized spacial score (nSPS) is 19.1. The maximum Gasteiger partial charge on any atom is 0.306 e. The van der Waals surface area contributed by atoms with E-state index >= 15 is 4.39 Å². The Morgan fingerprint density at radius 2 is 1.93 bits per heavy atom. The number of fused-ring (bicyclic) bond motifs is 2. The number of esters is 1. The molecular weight excluding hydrogens is 507 g/mol. The van der Waals surface area contributed by atoms with Gasteiger partial charge in [-0.05, 0) is 91.8 Å². The molecule has 0 saturated carbocycles. The van der Waals surface area contributed by atoms with E-state index in [-0.39, 0.29) is 24.1 Å². The third-order valence-electron chi connectivity index (χ3n) is 8.10. The highest BCUT2D eigenvalue weighted by Crippen LogP contribution is 2.45. The minimum Gasteiger partial charge on any atom is -0.492 e. The van der Waals surface area contributed by atoms with Crippen LogP contribution in [0.3, 0.4) is 0 Å². The summed E-state index contributed by atoms with van der Waals surface area (Å²) in [5, 5.41) is 3.37. The Hall–Kier alpha value is -4.13. The van der Waals surface area contributed by atoms with Crippen molar-refractivity contribution >= 4 is 11.8 Å². The molecule has 0 amide bonds. The number of allylic oxidation sites excluding steroid dienone is 1. The zero-order valence-corrected chi connectivity index (χ0v) is 23.3. The summed E-state index contributed by atoms with van der Waals surface area (Å²) in [5.74, 6) is 1.66. The topological polar surface area (TPSA) is 69.2 Å². The van der Waals surface area contributed by atoms with E-state index < -0.39 is 6.10 Å². The van der Waals surface area contributed by atoms with Gasteiger partial charge in [0, 0.05) is 34.4 Å². The number of aliphatic imine (C=N–C) groups is 1. The number of hydrogen-bond donors (Lipinski definition) is 1. The molecule has 6 nitrogen and oxygen atoms in total. The average molecular weight is 541 g/mol. The first-order valence-corrected chi connectivity index (χ1v) is 13.7. The standard InChI is InChI=1S/C33H33FN2O4/c1-18-13-21(33-35-12-11-20(3)36-33)14-19(2)31(18)25-7-9-27(34)32-26(25)8-10-28(32)40-23-5-6-24-22(15-30(37)38-4)17-39-29(24)16-23/h5-7,9,11,13-14,16,22,28H,8,10,12,15,17H2,1-4H3,(H,35,36). The number of carbonyl (C=O) groups is 1. The van der Waals surface area contributed by atoms with E-state index in [0.29, 0.717) is 36.6 Å². The summed E-state index contributed by atoms with van der Waals surface area (Å²) in [4.78, 5) is 16.4. The van der Waals surface area contributed by atoms with Crippen molar-refractivity contribution in [2.75, 3.05) is 20.3 Å². The number of methoxy groups -OCH3 is 1. The molecule has 2 unspecified atom stereocenters. The molecule has 0 spiro atoms. The van der Waals surface area contributed by atoms with Gasteiger partial charge in [-0.25, -0.2) is 4.39 Å². The van der Waals surface area contributed by atoms with Gasteiger partial charge in [0.05, 0.1) is 26.7 Å². The number of aryl methyl sites for hydroxylation is 2. The lowest BCUT2D eigenvalue weighted by Crippen LogP contribution is -2.26. The Balaban J connectivity index is 1.28. The lowest BCUT2D eigenvalue weighted by Gasteiger charge is -2.20. The second-order valence-corrected chi connectivity index (χ2v) is 10.8. The first kappa shape index (κ1) is 26.1. The predicted octanol–water partition coefficient (Wildman–Crippen LogP) is 6.47. The highest BCUT2D eigenvalue weighted by molar-refractivity contribution is 6.01. The number of benzene rings is 3. The molecular formula is C33H33FN2O4. The van der Waals surface area contributed by atoms with Crippen LogP contribution in [0.4, 0.5) is 4.39 Å². The van der Waals surface area contributed by atoms with Crippen LogP contribution in [0.5, 0.6) is 11.5 Å². The highest BCUT2D eigenvalue weighted by Gasteiger charge is 2.32. The summed E-state index contributed by atoms with van der Waals surface area (Å²) < 4.78 is 32.3. The molecule has 40 heavy (non-hydrogen) atoms. The molecule has 0 aromatic heterocycles. The summed E-state index contributed by atoms with van der Waals surface area (Å²) >= 11 is 0. The Labute approximate surface area is 233 Å². The Morgan fingerprint density at radius 3 is 2.67 bits per heavy atom. The molecule has 0 fully saturated rings. The van der Waals surface area contributed by atoms with E-state index in [1.54, 1.807) is 6.07 Å². The largest absolute Gasteiger partial charge is 0.492 e. The molecule has 2 heterocycles. The SMILES string of the molecule is COC(=O)CC1COc2cc(OC3CCc4c(-c5c(C)cc(C6=NCC=C(C)N6)cc5C)ccc(F)c43)ccc21. The van der Waals surface area contributed by atoms with Crippen LogP contribution in [0.25, 0.3) is 11.1 Å². The predicted molar refractivity (Wildman–Crippen MR) is 153 cm³/mol. The Bertz CT molecular complexity index is 1550. The van der Waals surface area contributed by atoms with Crippen LogP contribution in [-0.4, -0.2) is 32.1 Å². The van der Waals surface area contributed by atoms with Crippen LogP contribution in [0, 0.1) is 19.7 Å². The fourth-order valence-electron chi connectivity index (χ4n) is 6.21. The van der Waals surface area contributed by atoms with Crippen LogP contribution in [0.15, 0.2) is 59.2 Å². The molecule has 2 atom stereocenters. The van der Waals surface area contributed by atoms with Crippen molar-refractivity contribution in [3.05, 3.63) is 93.4 Å². The maximum absolute atomic E-state index is 15.3. The molecule has 0 radical (unpaired) electrons. The minimum absolute atomic E-state index is 0.0389. The number of amidine groups is 1. The van der Waals surface area contributed by atoms with E-state index in [1.165, 1.54) is 7.11 Å². The molecule has 206 valence electrons. The number of nitrogens with zero attached hydrogens (tertiary/aromatic N) is 1. The van der Waals surface area contributed by atoms with Gasteiger partial charge >= 0.3 is 5.97 Å². The summed E-state index contributed by atoms with van der Waals surface area (Å²) in [6.45, 7) is 7.35. The van der Waals surface area contributed by atoms with Crippen molar-refractivity contribution in [1.29, 1.82) is 0 Å². The van der Waals surface area contributed by atoms with Crippen molar-refractivity contribution in [2.45, 2.75) is 52.1 Å². The molecule has 3 aliphatic rings. The zero-order valence-electron chi connectivity index (χ0n) is 23.3. The number of ether oxygens (including phenoxy) is 3. The van der Waals surface area contributed by atoms with Gasteiger partial charge in [0.2, 0.25) is 0 Å². The van der Waals surface area contributed by atoms with Crippen LogP contribution < -0.4 is 14.8 Å². The van der Waals surface area contributed by atoms with Crippen LogP contribution in [-0.2, 0) is 16.0 Å². The van der Waals surface area contributed by atoms with E-state index in [1.807, 2.05) is 31.2 Å². The number of nitrogens with one attached hydrogen (secondary N) is 1. The van der Waals surface area contributed by atoms with Gasteiger partial charge in [-0.15, -0.1) is 0 Å². The first-order valence-electron chi connectivity index (χ1n) is 13.7. The fourth-order valence-corrected chi connectivity index (χ4v) is 6.21. The van der Waals surface area contributed by atoms with E-state index in [4.69, 9.17) is 14.2 Å². The number of carbonyl (C=O) groups excluding carboxylic acids is 1. The van der Waals surface area contributed by atoms with Gasteiger partial charge in [0.1, 0.15) is 29.3 Å². The summed E-state index contributed by atoms with van der Waals surface area (Å²) in [7, 11) is 1.39. The third kappa shape index (κ3) is 4.74. The minimum atomic E-state index is -0.393. The van der Waals surface area contributed by atoms with Gasteiger partial charge in [-0.2, -0.15) is 0 Å². The zero-order chi connectivity index (χ0) is 28.0. The Morgan fingerprint density at radius 1 is 1.12 bits per heavy atom. The number of rotatable bonds is 6. The van der Waals surface area contributed by atoms with E-state index in [9.17, 15) is 4.79 Å². The van der Waals surface area contributed by atoms with Crippen LogP contribution in [0.1, 0.15) is 65.2 Å². The molecule has 3 aromatic rings. The molecule has 6 rings (SSSR count). The molecule has 7 heteroatoms. The average Bonchev–Trinajstić information content (AvgIpc) is 3.54. The van der Waals surface area contributed by atoms with Gasteiger partial charge < -0.3 is 19.5 Å². The second kappa shape index (κ2) is 10.5. The van der Waals surface area contributed by atoms with Crippen LogP contribution >= 0.6 is 0 Å². The summed E-state index contributed by atoms with van der Waals surface area (Å²) in [6, 6.07) is 13.4. The highest BCUT2D eigenvalue weighted by atomic mass is 19.1. The lowest BCUT2D eigenvalue weighted by atomic mass is 9.89. The third-order valence-corrected chi connectivity index (χ3v) is 8.10. The molecule has 1 aliphatic carbocycles. The first-order chi connectivity index (χ1) is 19.3. The lowest BCUT2D eigenvalue weighted by molar-refractivity contribution is -0.141. The van der Waals surface area contributed by atoms with E-state index in [0.717, 1.165) is 56.9 Å². The summed E-state index contributed by atoms with van der Waals surface area (Å²) in [5.41, 5.74) is 9.20. The van der Waals surface area contributed by atoms with Crippen molar-refractivity contribution in [3.8, 4) is 22.6 Å². The fraction of sp³-hybridized carbons (Fsp3) is 0.333. The number of hydrogen-bond acceptors (Lipinski definition) is 6. The maximum atomic E-state index is 15.3. The van der Waals surface area contributed by atoms with Crippen molar-refractivity contribution in [1.82, 2.24) is 5.32 Å². The molecule has 3 aromatic carbocycles. The quantitative estimate of drug-likeness (QED) is 0.363. The van der Waals surface area contributed by atoms with Gasteiger partial charge in [-0.1, -0.05) is 12.1 Å². The molecule has 0 saturated heterocycles. The van der Waals surface area contributed by atoms with Crippen LogP contribution in [0.2, 0.25) is 0 Å². The van der Waals surface area contributed by atoms with Crippen molar-refractivity contribution in [3.63, 3.8) is 0 Å². The van der Waals surface area contributed by atoms with Gasteiger partial charge in [-0.3, -0.25) is 9.79 Å². The van der Waals surface area contributed by atoms with Gasteiger partial charge in [0.25, 0.3) is 0 Å².